The van der Waals surface area contributed by atoms with Gasteiger partial charge in [-0.2, -0.15) is 0 Å². The van der Waals surface area contributed by atoms with E-state index in [0.29, 0.717) is 0 Å². The van der Waals surface area contributed by atoms with E-state index in [9.17, 15) is 0 Å². The van der Waals surface area contributed by atoms with Crippen LogP contribution in [0.15, 0.2) is 217 Å². The second-order valence-corrected chi connectivity index (χ2v) is 14.2. The largest absolute Gasteiger partial charge is 0.454 e. The third-order valence-corrected chi connectivity index (χ3v) is 10.9. The minimum absolute atomic E-state index is 0.860. The molecule has 264 valence electrons. The van der Waals surface area contributed by atoms with E-state index in [0.717, 1.165) is 78.0 Å². The van der Waals surface area contributed by atoms with Crippen LogP contribution < -0.4 is 9.80 Å². The molecule has 56 heavy (non-hydrogen) atoms. The minimum atomic E-state index is 0.860. The van der Waals surface area contributed by atoms with Crippen LogP contribution in [-0.4, -0.2) is 4.57 Å². The van der Waals surface area contributed by atoms with Crippen LogP contribution in [0.25, 0.3) is 60.2 Å². The summed E-state index contributed by atoms with van der Waals surface area (Å²) < 4.78 is 9.17. The van der Waals surface area contributed by atoms with Gasteiger partial charge in [0.25, 0.3) is 0 Å². The Morgan fingerprint density at radius 2 is 0.893 bits per heavy atom. The van der Waals surface area contributed by atoms with Crippen LogP contribution in [0.2, 0.25) is 0 Å². The highest BCUT2D eigenvalue weighted by molar-refractivity contribution is 6.19. The fraction of sp³-hybridized carbons (Fsp3) is 0. The topological polar surface area (TPSA) is 24.6 Å². The smallest absolute Gasteiger partial charge is 0.160 e. The van der Waals surface area contributed by atoms with Gasteiger partial charge < -0.3 is 18.8 Å². The molecule has 0 bridgehead atoms. The van der Waals surface area contributed by atoms with E-state index in [1.54, 1.807) is 0 Å². The van der Waals surface area contributed by atoms with Crippen LogP contribution in [-0.2, 0) is 0 Å². The lowest BCUT2D eigenvalue weighted by molar-refractivity contribution is 0.669. The number of hydrogen-bond donors (Lipinski definition) is 0. The van der Waals surface area contributed by atoms with Gasteiger partial charge in [-0.05, 0) is 90.3 Å². The summed E-state index contributed by atoms with van der Waals surface area (Å²) in [6, 6.07) is 75.6. The van der Waals surface area contributed by atoms with Crippen molar-refractivity contribution in [3.63, 3.8) is 0 Å². The molecular weight excluding hydrogens is 683 g/mol. The molecule has 0 amide bonds. The lowest BCUT2D eigenvalue weighted by Gasteiger charge is -2.30. The quantitative estimate of drug-likeness (QED) is 0.164. The molecule has 0 unspecified atom stereocenters. The van der Waals surface area contributed by atoms with Gasteiger partial charge in [0.05, 0.1) is 16.7 Å². The SMILES string of the molecule is c1ccc(N(c2cccc(N(c3ccccc3)c3c4ccccc4cc4c3oc3ccccc34)c2)c2ccc3c4ccccc4n(-c4ccccc4)c3c2)cc1. The predicted octanol–water partition coefficient (Wildman–Crippen LogP) is 14.8. The van der Waals surface area contributed by atoms with Gasteiger partial charge in [-0.3, -0.25) is 0 Å². The summed E-state index contributed by atoms with van der Waals surface area (Å²) in [7, 11) is 0. The minimum Gasteiger partial charge on any atom is -0.454 e. The normalized spacial score (nSPS) is 11.6. The van der Waals surface area contributed by atoms with Gasteiger partial charge in [0.15, 0.2) is 5.58 Å². The van der Waals surface area contributed by atoms with Crippen LogP contribution in [0.3, 0.4) is 0 Å². The van der Waals surface area contributed by atoms with Crippen LogP contribution in [0.4, 0.5) is 34.1 Å². The molecule has 9 aromatic carbocycles. The highest BCUT2D eigenvalue weighted by atomic mass is 16.3. The molecule has 2 aromatic heterocycles. The Morgan fingerprint density at radius 1 is 0.339 bits per heavy atom. The highest BCUT2D eigenvalue weighted by Crippen LogP contribution is 2.48. The molecule has 4 heteroatoms. The Bertz CT molecular complexity index is 3200. The molecule has 0 aliphatic heterocycles. The number of furan rings is 1. The van der Waals surface area contributed by atoms with E-state index in [1.807, 2.05) is 6.07 Å². The predicted molar refractivity (Wildman–Crippen MR) is 235 cm³/mol. The van der Waals surface area contributed by atoms with Gasteiger partial charge in [0.2, 0.25) is 0 Å². The van der Waals surface area contributed by atoms with Crippen molar-refractivity contribution in [1.82, 2.24) is 4.57 Å². The molecule has 0 N–H and O–H groups in total. The van der Waals surface area contributed by atoms with Crippen molar-refractivity contribution >= 4 is 88.6 Å². The molecule has 0 saturated carbocycles. The van der Waals surface area contributed by atoms with Gasteiger partial charge in [-0.15, -0.1) is 0 Å². The summed E-state index contributed by atoms with van der Waals surface area (Å²) >= 11 is 0. The fourth-order valence-corrected chi connectivity index (χ4v) is 8.46. The number of para-hydroxylation sites is 5. The summed E-state index contributed by atoms with van der Waals surface area (Å²) in [6.07, 6.45) is 0. The molecule has 11 rings (SSSR count). The molecule has 0 fully saturated rings. The van der Waals surface area contributed by atoms with Gasteiger partial charge in [-0.25, -0.2) is 0 Å². The first-order valence-electron chi connectivity index (χ1n) is 19.0. The fourth-order valence-electron chi connectivity index (χ4n) is 8.46. The van der Waals surface area contributed by atoms with E-state index < -0.39 is 0 Å². The zero-order valence-corrected chi connectivity index (χ0v) is 30.5. The molecule has 4 nitrogen and oxygen atoms in total. The molecule has 0 aliphatic rings. The molecule has 0 spiro atoms. The number of hydrogen-bond acceptors (Lipinski definition) is 3. The maximum absolute atomic E-state index is 6.79. The van der Waals surface area contributed by atoms with Crippen LogP contribution in [0.1, 0.15) is 0 Å². The van der Waals surface area contributed by atoms with Crippen LogP contribution in [0.5, 0.6) is 0 Å². The summed E-state index contributed by atoms with van der Waals surface area (Å²) in [5.41, 5.74) is 11.5. The van der Waals surface area contributed by atoms with E-state index in [-0.39, 0.29) is 0 Å². The Hall–Kier alpha value is -7.56. The molecule has 0 saturated heterocycles. The molecule has 0 aliphatic carbocycles. The number of nitrogens with zero attached hydrogens (tertiary/aromatic N) is 3. The zero-order valence-electron chi connectivity index (χ0n) is 30.5. The van der Waals surface area contributed by atoms with Gasteiger partial charge in [0.1, 0.15) is 5.58 Å². The van der Waals surface area contributed by atoms with Crippen LogP contribution in [0, 0.1) is 0 Å². The average molecular weight is 718 g/mol. The summed E-state index contributed by atoms with van der Waals surface area (Å²) in [5.74, 6) is 0. The van der Waals surface area contributed by atoms with Crippen molar-refractivity contribution in [2.75, 3.05) is 9.80 Å². The van der Waals surface area contributed by atoms with E-state index in [4.69, 9.17) is 4.42 Å². The number of fused-ring (bicyclic) bond motifs is 7. The van der Waals surface area contributed by atoms with E-state index in [1.165, 1.54) is 16.3 Å². The maximum atomic E-state index is 6.79. The first kappa shape index (κ1) is 31.9. The Labute approximate surface area is 324 Å². The second-order valence-electron chi connectivity index (χ2n) is 14.2. The monoisotopic (exact) mass is 717 g/mol. The average Bonchev–Trinajstić information content (AvgIpc) is 3.80. The number of rotatable bonds is 7. The summed E-state index contributed by atoms with van der Waals surface area (Å²) in [6.45, 7) is 0. The molecule has 2 heterocycles. The molecule has 0 atom stereocenters. The van der Waals surface area contributed by atoms with Gasteiger partial charge in [0, 0.05) is 61.1 Å². The zero-order chi connectivity index (χ0) is 37.0. The Balaban J connectivity index is 1.16. The number of aromatic nitrogens is 1. The maximum Gasteiger partial charge on any atom is 0.160 e. The van der Waals surface area contributed by atoms with Crippen LogP contribution >= 0.6 is 0 Å². The van der Waals surface area contributed by atoms with Gasteiger partial charge >= 0.3 is 0 Å². The van der Waals surface area contributed by atoms with Gasteiger partial charge in [-0.1, -0.05) is 127 Å². The van der Waals surface area contributed by atoms with Crippen molar-refractivity contribution in [2.24, 2.45) is 0 Å². The molecular formula is C52H35N3O. The summed E-state index contributed by atoms with van der Waals surface area (Å²) in [5, 5.41) is 6.93. The van der Waals surface area contributed by atoms with Crippen molar-refractivity contribution in [3.8, 4) is 5.69 Å². The third kappa shape index (κ3) is 5.15. The second kappa shape index (κ2) is 13.1. The molecule has 11 aromatic rings. The lowest BCUT2D eigenvalue weighted by atomic mass is 10.0. The van der Waals surface area contributed by atoms with Crippen molar-refractivity contribution in [1.29, 1.82) is 0 Å². The Morgan fingerprint density at radius 3 is 1.66 bits per heavy atom. The van der Waals surface area contributed by atoms with Crippen molar-refractivity contribution in [2.45, 2.75) is 0 Å². The highest BCUT2D eigenvalue weighted by Gasteiger charge is 2.24. The molecule has 0 radical (unpaired) electrons. The number of benzene rings is 9. The van der Waals surface area contributed by atoms with E-state index in [2.05, 4.69) is 221 Å². The van der Waals surface area contributed by atoms with E-state index >= 15 is 0 Å². The first-order valence-corrected chi connectivity index (χ1v) is 19.0. The lowest BCUT2D eigenvalue weighted by Crippen LogP contribution is -2.13. The number of anilines is 6. The first-order chi connectivity index (χ1) is 27.8. The standard InChI is InChI=1S/C52H35N3O/c1-4-18-37(19-5-1)53(42-31-32-45-44-27-12-14-29-48(44)55(49(45)35-42)39-22-8-3-9-23-39)40-24-16-25-41(34-40)54(38-20-6-2-7-21-38)51-43-26-11-10-17-36(43)33-47-46-28-13-15-30-50(46)56-52(47)51/h1-35H. The van der Waals surface area contributed by atoms with Crippen molar-refractivity contribution in [3.05, 3.63) is 212 Å². The van der Waals surface area contributed by atoms with Crippen molar-refractivity contribution < 1.29 is 4.42 Å². The third-order valence-electron chi connectivity index (χ3n) is 10.9. The Kier molecular flexibility index (Phi) is 7.46. The summed E-state index contributed by atoms with van der Waals surface area (Å²) in [4.78, 5) is 4.72.